The van der Waals surface area contributed by atoms with Crippen LogP contribution in [0.25, 0.3) is 0 Å². The number of aliphatic imine (C=N–C) groups is 1. The van der Waals surface area contributed by atoms with Crippen LogP contribution in [0.4, 0.5) is 0 Å². The fraction of sp³-hybridized carbons (Fsp3) is 0.458. The molecule has 1 aliphatic rings. The van der Waals surface area contributed by atoms with Gasteiger partial charge in [-0.05, 0) is 43.9 Å². The van der Waals surface area contributed by atoms with Crippen molar-refractivity contribution in [1.82, 2.24) is 15.5 Å². The summed E-state index contributed by atoms with van der Waals surface area (Å²) < 4.78 is 5.19. The number of hydrogen-bond acceptors (Lipinski definition) is 4. The van der Waals surface area contributed by atoms with Gasteiger partial charge in [0, 0.05) is 37.8 Å². The summed E-state index contributed by atoms with van der Waals surface area (Å²) in [6, 6.07) is 14.5. The van der Waals surface area contributed by atoms with Crippen LogP contribution in [-0.2, 0) is 13.1 Å². The molecule has 0 saturated carbocycles. The minimum absolute atomic E-state index is 0.157. The maximum absolute atomic E-state index is 10.3. The predicted octanol–water partition coefficient (Wildman–Crippen LogP) is 3.43. The third-order valence-corrected chi connectivity index (χ3v) is 5.64. The quantitative estimate of drug-likeness (QED) is 0.482. The molecule has 1 saturated heterocycles. The lowest BCUT2D eigenvalue weighted by Gasteiger charge is -2.33. The normalized spacial score (nSPS) is 15.8. The van der Waals surface area contributed by atoms with Crippen LogP contribution in [0.3, 0.4) is 0 Å². The van der Waals surface area contributed by atoms with Crippen LogP contribution < -0.4 is 15.4 Å². The zero-order chi connectivity index (χ0) is 21.3. The highest BCUT2D eigenvalue weighted by Gasteiger charge is 2.20. The van der Waals surface area contributed by atoms with Crippen molar-refractivity contribution in [2.24, 2.45) is 4.99 Å². The molecule has 0 atom stereocenters. The number of aryl methyl sites for hydroxylation is 1. The van der Waals surface area contributed by atoms with Crippen molar-refractivity contribution in [1.29, 1.82) is 0 Å². The van der Waals surface area contributed by atoms with Gasteiger partial charge < -0.3 is 20.5 Å². The number of benzene rings is 2. The monoisotopic (exact) mass is 410 g/mol. The van der Waals surface area contributed by atoms with Gasteiger partial charge in [-0.1, -0.05) is 36.4 Å². The largest absolute Gasteiger partial charge is 0.504 e. The molecule has 0 aliphatic carbocycles. The molecule has 6 heteroatoms. The first kappa shape index (κ1) is 22.0. The second-order valence-corrected chi connectivity index (χ2v) is 7.78. The van der Waals surface area contributed by atoms with Crippen molar-refractivity contribution in [3.63, 3.8) is 0 Å². The Morgan fingerprint density at radius 1 is 1.13 bits per heavy atom. The van der Waals surface area contributed by atoms with E-state index in [1.807, 2.05) is 12.1 Å². The molecule has 0 radical (unpaired) electrons. The Kier molecular flexibility index (Phi) is 7.97. The average molecular weight is 411 g/mol. The third-order valence-electron chi connectivity index (χ3n) is 5.64. The highest BCUT2D eigenvalue weighted by atomic mass is 16.5. The molecular formula is C24H34N4O2. The SMILES string of the molecule is CCNC(=NCc1cccc(OC)c1O)NC1CCN(Cc2ccccc2C)CC1. The number of aromatic hydroxyl groups is 1. The number of methoxy groups -OCH3 is 1. The smallest absolute Gasteiger partial charge is 0.191 e. The summed E-state index contributed by atoms with van der Waals surface area (Å²) in [5.41, 5.74) is 3.52. The van der Waals surface area contributed by atoms with E-state index in [0.717, 1.165) is 50.5 Å². The van der Waals surface area contributed by atoms with E-state index in [1.54, 1.807) is 13.2 Å². The number of hydrogen-bond donors (Lipinski definition) is 3. The molecule has 6 nitrogen and oxygen atoms in total. The van der Waals surface area contributed by atoms with Crippen molar-refractivity contribution in [3.8, 4) is 11.5 Å². The molecule has 1 fully saturated rings. The Morgan fingerprint density at radius 2 is 1.87 bits per heavy atom. The fourth-order valence-corrected chi connectivity index (χ4v) is 3.80. The van der Waals surface area contributed by atoms with E-state index in [-0.39, 0.29) is 5.75 Å². The molecule has 2 aromatic rings. The summed E-state index contributed by atoms with van der Waals surface area (Å²) in [7, 11) is 1.55. The standard InChI is InChI=1S/C24H34N4O2/c1-4-25-24(26-16-19-10-7-11-22(30-3)23(19)29)27-21-12-14-28(15-13-21)17-20-9-6-5-8-18(20)2/h5-11,21,29H,4,12-17H2,1-3H3,(H2,25,26,27). The van der Waals surface area contributed by atoms with E-state index in [1.165, 1.54) is 11.1 Å². The van der Waals surface area contributed by atoms with Gasteiger partial charge in [0.05, 0.1) is 13.7 Å². The molecule has 0 bridgehead atoms. The Hall–Kier alpha value is -2.73. The van der Waals surface area contributed by atoms with Crippen LogP contribution in [0.2, 0.25) is 0 Å². The Morgan fingerprint density at radius 3 is 2.57 bits per heavy atom. The average Bonchev–Trinajstić information content (AvgIpc) is 2.76. The number of phenolic OH excluding ortho intramolecular Hbond substituents is 1. The zero-order valence-electron chi connectivity index (χ0n) is 18.3. The third kappa shape index (κ3) is 5.89. The summed E-state index contributed by atoms with van der Waals surface area (Å²) in [5, 5.41) is 17.2. The number of para-hydroxylation sites is 1. The highest BCUT2D eigenvalue weighted by Crippen LogP contribution is 2.29. The summed E-state index contributed by atoms with van der Waals surface area (Å²) in [5.74, 6) is 1.42. The van der Waals surface area contributed by atoms with Gasteiger partial charge in [-0.3, -0.25) is 4.90 Å². The minimum Gasteiger partial charge on any atom is -0.504 e. The van der Waals surface area contributed by atoms with Gasteiger partial charge >= 0.3 is 0 Å². The lowest BCUT2D eigenvalue weighted by Crippen LogP contribution is -2.48. The first-order valence-corrected chi connectivity index (χ1v) is 10.8. The molecule has 3 N–H and O–H groups in total. The first-order chi connectivity index (χ1) is 14.6. The van der Waals surface area contributed by atoms with Gasteiger partial charge in [-0.25, -0.2) is 4.99 Å². The molecular weight excluding hydrogens is 376 g/mol. The molecule has 0 unspecified atom stereocenters. The van der Waals surface area contributed by atoms with Crippen LogP contribution in [-0.4, -0.2) is 48.8 Å². The van der Waals surface area contributed by atoms with Gasteiger partial charge in [0.1, 0.15) is 0 Å². The summed E-state index contributed by atoms with van der Waals surface area (Å²) in [4.78, 5) is 7.20. The predicted molar refractivity (Wildman–Crippen MR) is 122 cm³/mol. The first-order valence-electron chi connectivity index (χ1n) is 10.8. The highest BCUT2D eigenvalue weighted by molar-refractivity contribution is 5.80. The van der Waals surface area contributed by atoms with Crippen LogP contribution in [0.1, 0.15) is 36.5 Å². The lowest BCUT2D eigenvalue weighted by atomic mass is 10.0. The number of nitrogens with one attached hydrogen (secondary N) is 2. The van der Waals surface area contributed by atoms with E-state index in [4.69, 9.17) is 4.74 Å². The molecule has 1 aliphatic heterocycles. The number of nitrogens with zero attached hydrogens (tertiary/aromatic N) is 2. The Bertz CT molecular complexity index is 845. The number of likely N-dealkylation sites (tertiary alicyclic amines) is 1. The second-order valence-electron chi connectivity index (χ2n) is 7.78. The molecule has 162 valence electrons. The van der Waals surface area contributed by atoms with Gasteiger partial charge in [0.15, 0.2) is 17.5 Å². The summed E-state index contributed by atoms with van der Waals surface area (Å²) in [6.07, 6.45) is 2.17. The number of rotatable bonds is 7. The van der Waals surface area contributed by atoms with E-state index < -0.39 is 0 Å². The van der Waals surface area contributed by atoms with Crippen molar-refractivity contribution in [3.05, 3.63) is 59.2 Å². The van der Waals surface area contributed by atoms with Crippen LogP contribution in [0.5, 0.6) is 11.5 Å². The number of phenols is 1. The van der Waals surface area contributed by atoms with E-state index in [9.17, 15) is 5.11 Å². The molecule has 1 heterocycles. The number of ether oxygens (including phenoxy) is 1. The minimum atomic E-state index is 0.157. The van der Waals surface area contributed by atoms with Gasteiger partial charge in [0.25, 0.3) is 0 Å². The van der Waals surface area contributed by atoms with Crippen molar-refractivity contribution in [2.75, 3.05) is 26.7 Å². The van der Waals surface area contributed by atoms with Gasteiger partial charge in [0.2, 0.25) is 0 Å². The van der Waals surface area contributed by atoms with Gasteiger partial charge in [-0.15, -0.1) is 0 Å². The van der Waals surface area contributed by atoms with E-state index in [0.29, 0.717) is 18.3 Å². The van der Waals surface area contributed by atoms with E-state index >= 15 is 0 Å². The Balaban J connectivity index is 1.54. The molecule has 0 aromatic heterocycles. The van der Waals surface area contributed by atoms with Gasteiger partial charge in [-0.2, -0.15) is 0 Å². The van der Waals surface area contributed by atoms with Crippen LogP contribution in [0, 0.1) is 6.92 Å². The lowest BCUT2D eigenvalue weighted by molar-refractivity contribution is 0.198. The molecule has 30 heavy (non-hydrogen) atoms. The maximum atomic E-state index is 10.3. The number of piperidine rings is 1. The van der Waals surface area contributed by atoms with Crippen molar-refractivity contribution >= 4 is 5.96 Å². The van der Waals surface area contributed by atoms with Crippen molar-refractivity contribution < 1.29 is 9.84 Å². The molecule has 3 rings (SSSR count). The fourth-order valence-electron chi connectivity index (χ4n) is 3.80. The number of guanidine groups is 1. The molecule has 0 spiro atoms. The van der Waals surface area contributed by atoms with Crippen LogP contribution >= 0.6 is 0 Å². The topological polar surface area (TPSA) is 69.1 Å². The maximum Gasteiger partial charge on any atom is 0.191 e. The van der Waals surface area contributed by atoms with E-state index in [2.05, 4.69) is 58.6 Å². The van der Waals surface area contributed by atoms with Crippen molar-refractivity contribution in [2.45, 2.75) is 45.8 Å². The molecule has 2 aromatic carbocycles. The second kappa shape index (κ2) is 10.9. The Labute approximate surface area is 180 Å². The zero-order valence-corrected chi connectivity index (χ0v) is 18.3. The summed E-state index contributed by atoms with van der Waals surface area (Å²) >= 11 is 0. The van der Waals surface area contributed by atoms with Crippen LogP contribution in [0.15, 0.2) is 47.5 Å². The summed E-state index contributed by atoms with van der Waals surface area (Å²) in [6.45, 7) is 8.59. The molecule has 0 amide bonds.